The van der Waals surface area contributed by atoms with Crippen molar-refractivity contribution in [2.24, 2.45) is 0 Å². The van der Waals surface area contributed by atoms with Crippen LogP contribution in [0.15, 0.2) is 18.2 Å². The van der Waals surface area contributed by atoms with E-state index in [0.29, 0.717) is 0 Å². The zero-order chi connectivity index (χ0) is 16.5. The van der Waals surface area contributed by atoms with Gasteiger partial charge in [-0.2, -0.15) is 0 Å². The Balaban J connectivity index is 3.68. The first-order valence-corrected chi connectivity index (χ1v) is 10.3. The third kappa shape index (κ3) is 3.48. The molecule has 0 aliphatic carbocycles. The van der Waals surface area contributed by atoms with E-state index < -0.39 is 7.26 Å². The third-order valence-corrected chi connectivity index (χ3v) is 11.0. The van der Waals surface area contributed by atoms with Crippen molar-refractivity contribution in [3.05, 3.63) is 34.9 Å². The van der Waals surface area contributed by atoms with Crippen molar-refractivity contribution < 1.29 is 0 Å². The standard InChI is InChI=1S/C19H32ClP/c1-9-15-11-16(10-2)13-17(12-15)21(14-20,18(3,4)5)19(6,7)8/h11-14H,9-10H2,1-8H3. The summed E-state index contributed by atoms with van der Waals surface area (Å²) in [7, 11) is -1.64. The molecule has 120 valence electrons. The summed E-state index contributed by atoms with van der Waals surface area (Å²) >= 11 is 6.54. The normalized spacial score (nSPS) is 13.6. The van der Waals surface area contributed by atoms with Gasteiger partial charge in [-0.25, -0.2) is 0 Å². The van der Waals surface area contributed by atoms with Crippen LogP contribution in [0.2, 0.25) is 0 Å². The van der Waals surface area contributed by atoms with E-state index in [-0.39, 0.29) is 10.3 Å². The second-order valence-electron chi connectivity index (χ2n) is 7.88. The predicted molar refractivity (Wildman–Crippen MR) is 101 cm³/mol. The molecule has 0 fully saturated rings. The molecule has 1 aromatic carbocycles. The molecule has 0 saturated heterocycles. The van der Waals surface area contributed by atoms with Crippen molar-refractivity contribution in [3.63, 3.8) is 0 Å². The SMILES string of the molecule is CCc1cc(CC)cc([P+]([CH-]Cl)(C(C)(C)C)C(C)(C)C)c1. The van der Waals surface area contributed by atoms with Gasteiger partial charge in [0, 0.05) is 0 Å². The summed E-state index contributed by atoms with van der Waals surface area (Å²) in [6, 6.07) is 7.16. The van der Waals surface area contributed by atoms with Gasteiger partial charge in [-0.15, -0.1) is 0 Å². The largest absolute Gasteiger partial charge is 0.304 e. The first kappa shape index (κ1) is 19.0. The summed E-state index contributed by atoms with van der Waals surface area (Å²) in [6.45, 7) is 18.5. The highest BCUT2D eigenvalue weighted by molar-refractivity contribution is 7.88. The molecule has 0 spiro atoms. The summed E-state index contributed by atoms with van der Waals surface area (Å²) in [5.74, 6) is 0. The topological polar surface area (TPSA) is 0 Å². The quantitative estimate of drug-likeness (QED) is 0.443. The van der Waals surface area contributed by atoms with Crippen LogP contribution in [0, 0.1) is 5.62 Å². The molecule has 1 aromatic rings. The van der Waals surface area contributed by atoms with E-state index in [4.69, 9.17) is 11.6 Å². The smallest absolute Gasteiger partial charge is 0.0675 e. The molecule has 0 amide bonds. The molecule has 1 rings (SSSR count). The van der Waals surface area contributed by atoms with E-state index in [1.807, 2.05) is 5.62 Å². The van der Waals surface area contributed by atoms with Crippen molar-refractivity contribution in [1.82, 2.24) is 0 Å². The Morgan fingerprint density at radius 3 is 1.48 bits per heavy atom. The number of rotatable bonds is 4. The van der Waals surface area contributed by atoms with Gasteiger partial charge in [0.15, 0.2) is 0 Å². The Labute approximate surface area is 138 Å². The van der Waals surface area contributed by atoms with Crippen LogP contribution in [0.3, 0.4) is 0 Å². The van der Waals surface area contributed by atoms with Gasteiger partial charge in [-0.1, -0.05) is 32.8 Å². The van der Waals surface area contributed by atoms with Crippen LogP contribution >= 0.6 is 18.9 Å². The van der Waals surface area contributed by atoms with E-state index in [1.54, 1.807) is 0 Å². The molecule has 2 heteroatoms. The maximum Gasteiger partial charge on any atom is 0.0675 e. The second kappa shape index (κ2) is 6.59. The van der Waals surface area contributed by atoms with Gasteiger partial charge in [-0.05, 0) is 77.6 Å². The van der Waals surface area contributed by atoms with Crippen molar-refractivity contribution in [3.8, 4) is 0 Å². The highest BCUT2D eigenvalue weighted by Gasteiger charge is 2.52. The number of benzene rings is 1. The summed E-state index contributed by atoms with van der Waals surface area (Å²) < 4.78 is 0. The molecule has 0 N–H and O–H groups in total. The molecule has 21 heavy (non-hydrogen) atoms. The Morgan fingerprint density at radius 2 is 1.24 bits per heavy atom. The van der Waals surface area contributed by atoms with Crippen LogP contribution in [-0.4, -0.2) is 10.3 Å². The molecule has 0 radical (unpaired) electrons. The van der Waals surface area contributed by atoms with Crippen LogP contribution in [0.5, 0.6) is 0 Å². The maximum absolute atomic E-state index is 6.54. The van der Waals surface area contributed by atoms with Crippen LogP contribution in [0.4, 0.5) is 0 Å². The summed E-state index contributed by atoms with van der Waals surface area (Å²) in [4.78, 5) is 0. The van der Waals surface area contributed by atoms with E-state index in [1.165, 1.54) is 16.4 Å². The molecule has 0 nitrogen and oxygen atoms in total. The van der Waals surface area contributed by atoms with Gasteiger partial charge in [0.1, 0.15) is 0 Å². The predicted octanol–water partition coefficient (Wildman–Crippen LogP) is 6.41. The number of hydrogen-bond acceptors (Lipinski definition) is 0. The van der Waals surface area contributed by atoms with Crippen molar-refractivity contribution in [1.29, 1.82) is 0 Å². The molecule has 0 aliphatic heterocycles. The highest BCUT2D eigenvalue weighted by atomic mass is 35.5. The van der Waals surface area contributed by atoms with Crippen molar-refractivity contribution in [2.75, 3.05) is 0 Å². The first-order valence-electron chi connectivity index (χ1n) is 8.00. The van der Waals surface area contributed by atoms with E-state index in [0.717, 1.165) is 12.8 Å². The summed E-state index contributed by atoms with van der Waals surface area (Å²) in [5.41, 5.74) is 4.89. The summed E-state index contributed by atoms with van der Waals surface area (Å²) in [5, 5.41) is 1.78. The molecule has 0 aliphatic rings. The lowest BCUT2D eigenvalue weighted by molar-refractivity contribution is 0.701. The van der Waals surface area contributed by atoms with Gasteiger partial charge in [0.2, 0.25) is 0 Å². The minimum atomic E-state index is -1.64. The van der Waals surface area contributed by atoms with Gasteiger partial charge >= 0.3 is 0 Å². The maximum atomic E-state index is 6.54. The van der Waals surface area contributed by atoms with Gasteiger partial charge < -0.3 is 11.6 Å². The highest BCUT2D eigenvalue weighted by Crippen LogP contribution is 2.78. The van der Waals surface area contributed by atoms with E-state index in [2.05, 4.69) is 73.6 Å². The number of hydrogen-bond donors (Lipinski definition) is 0. The lowest BCUT2D eigenvalue weighted by atomic mass is 10.1. The Bertz CT molecular complexity index is 441. The fraction of sp³-hybridized carbons (Fsp3) is 0.632. The van der Waals surface area contributed by atoms with Gasteiger partial charge in [0.05, 0.1) is 15.6 Å². The molecule has 0 unspecified atom stereocenters. The molecule has 0 bridgehead atoms. The van der Waals surface area contributed by atoms with Crippen molar-refractivity contribution >= 4 is 24.2 Å². The Morgan fingerprint density at radius 1 is 0.857 bits per heavy atom. The van der Waals surface area contributed by atoms with Crippen LogP contribution in [-0.2, 0) is 12.8 Å². The van der Waals surface area contributed by atoms with Gasteiger partial charge in [0.25, 0.3) is 0 Å². The van der Waals surface area contributed by atoms with Crippen LogP contribution < -0.4 is 5.30 Å². The lowest BCUT2D eigenvalue weighted by Gasteiger charge is -2.53. The third-order valence-electron chi connectivity index (χ3n) is 4.52. The summed E-state index contributed by atoms with van der Waals surface area (Å²) in [6.07, 6.45) is 2.16. The fourth-order valence-electron chi connectivity index (χ4n) is 3.48. The average Bonchev–Trinajstić information content (AvgIpc) is 2.36. The van der Waals surface area contributed by atoms with Crippen LogP contribution in [0.1, 0.15) is 66.5 Å². The minimum absolute atomic E-state index is 0.157. The molecule has 0 aromatic heterocycles. The minimum Gasteiger partial charge on any atom is -0.304 e. The molecule has 0 atom stereocenters. The average molecular weight is 327 g/mol. The number of aryl methyl sites for hydroxylation is 2. The van der Waals surface area contributed by atoms with Gasteiger partial charge in [-0.3, -0.25) is 0 Å². The molecular formula is C19H32ClP. The monoisotopic (exact) mass is 326 g/mol. The molecular weight excluding hydrogens is 295 g/mol. The second-order valence-corrected chi connectivity index (χ2v) is 13.3. The zero-order valence-electron chi connectivity index (χ0n) is 15.0. The van der Waals surface area contributed by atoms with E-state index in [9.17, 15) is 0 Å². The van der Waals surface area contributed by atoms with Crippen LogP contribution in [0.25, 0.3) is 0 Å². The lowest BCUT2D eigenvalue weighted by Crippen LogP contribution is -2.40. The fourth-order valence-corrected chi connectivity index (χ4v) is 10.6. The Hall–Kier alpha value is -0.0600. The Kier molecular flexibility index (Phi) is 5.96. The first-order chi connectivity index (χ1) is 9.53. The van der Waals surface area contributed by atoms with E-state index >= 15 is 0 Å². The van der Waals surface area contributed by atoms with Crippen molar-refractivity contribution in [2.45, 2.75) is 78.5 Å². The zero-order valence-corrected chi connectivity index (χ0v) is 16.7. The number of halogens is 1. The molecule has 0 heterocycles. The molecule has 0 saturated carbocycles.